The smallest absolute Gasteiger partial charge is 0.337 e. The molecule has 0 spiro atoms. The van der Waals surface area contributed by atoms with E-state index in [1.54, 1.807) is 42.5 Å². The molecule has 0 aliphatic carbocycles. The van der Waals surface area contributed by atoms with Crippen molar-refractivity contribution in [2.24, 2.45) is 4.99 Å². The van der Waals surface area contributed by atoms with E-state index in [1.165, 1.54) is 14.2 Å². The quantitative estimate of drug-likeness (QED) is 0.529. The predicted molar refractivity (Wildman–Crippen MR) is 111 cm³/mol. The summed E-state index contributed by atoms with van der Waals surface area (Å²) >= 11 is 4.49. The zero-order valence-electron chi connectivity index (χ0n) is 14.9. The van der Waals surface area contributed by atoms with Crippen molar-refractivity contribution in [3.8, 4) is 11.5 Å². The fraction of sp³-hybridized carbons (Fsp3) is 0.105. The van der Waals surface area contributed by atoms with Crippen molar-refractivity contribution in [1.82, 2.24) is 5.32 Å². The molecule has 0 unspecified atom stereocenters. The minimum Gasteiger partial charge on any atom is -0.504 e. The van der Waals surface area contributed by atoms with Crippen molar-refractivity contribution in [2.45, 2.75) is 0 Å². The number of hydrogen-bond donors (Lipinski definition) is 2. The van der Waals surface area contributed by atoms with Gasteiger partial charge in [0, 0.05) is 10.0 Å². The normalized spacial score (nSPS) is 16.3. The number of methoxy groups -OCH3 is 2. The number of halogens is 1. The van der Waals surface area contributed by atoms with E-state index in [1.807, 2.05) is 0 Å². The number of nitrogens with zero attached hydrogens (tertiary/aromatic N) is 1. The van der Waals surface area contributed by atoms with Crippen molar-refractivity contribution in [2.75, 3.05) is 14.2 Å². The highest BCUT2D eigenvalue weighted by Crippen LogP contribution is 2.37. The van der Waals surface area contributed by atoms with Crippen LogP contribution in [0, 0.1) is 0 Å². The molecule has 3 rings (SSSR count). The first-order valence-electron chi connectivity index (χ1n) is 7.95. The summed E-state index contributed by atoms with van der Waals surface area (Å²) in [6.07, 6.45) is 1.56. The number of rotatable bonds is 4. The van der Waals surface area contributed by atoms with Crippen LogP contribution in [0.25, 0.3) is 6.08 Å². The van der Waals surface area contributed by atoms with E-state index in [9.17, 15) is 14.7 Å². The first-order chi connectivity index (χ1) is 13.4. The highest BCUT2D eigenvalue weighted by molar-refractivity contribution is 9.10. The first kappa shape index (κ1) is 20.0. The number of benzene rings is 2. The van der Waals surface area contributed by atoms with Crippen LogP contribution in [-0.2, 0) is 9.53 Å². The van der Waals surface area contributed by atoms with Gasteiger partial charge in [-0.15, -0.1) is 0 Å². The zero-order valence-corrected chi connectivity index (χ0v) is 17.3. The van der Waals surface area contributed by atoms with Gasteiger partial charge in [-0.2, -0.15) is 0 Å². The lowest BCUT2D eigenvalue weighted by molar-refractivity contribution is -0.115. The van der Waals surface area contributed by atoms with Crippen molar-refractivity contribution in [1.29, 1.82) is 0 Å². The zero-order chi connectivity index (χ0) is 20.3. The van der Waals surface area contributed by atoms with E-state index in [0.717, 1.165) is 11.8 Å². The van der Waals surface area contributed by atoms with Gasteiger partial charge in [0.1, 0.15) is 0 Å². The molecule has 7 nitrogen and oxygen atoms in total. The Morgan fingerprint density at radius 3 is 2.61 bits per heavy atom. The highest BCUT2D eigenvalue weighted by atomic mass is 79.9. The van der Waals surface area contributed by atoms with Gasteiger partial charge in [-0.05, 0) is 54.2 Å². The molecule has 2 aromatic carbocycles. The van der Waals surface area contributed by atoms with Crippen molar-refractivity contribution in [3.05, 3.63) is 56.9 Å². The molecule has 1 heterocycles. The van der Waals surface area contributed by atoms with E-state index in [2.05, 4.69) is 31.0 Å². The number of aliphatic imine (C=N–C) groups is 1. The predicted octanol–water partition coefficient (Wildman–Crippen LogP) is 3.84. The molecule has 9 heteroatoms. The number of ether oxygens (including phenoxy) is 2. The minimum absolute atomic E-state index is 0.0598. The summed E-state index contributed by atoms with van der Waals surface area (Å²) in [4.78, 5) is 28.4. The Kier molecular flexibility index (Phi) is 6.05. The average Bonchev–Trinajstić information content (AvgIpc) is 3.03. The number of carbonyl (C=O) groups is 2. The third-order valence-corrected chi connectivity index (χ3v) is 5.11. The molecule has 2 aromatic rings. The standard InChI is InChI=1S/C19H15BrN2O5S/c1-26-14-9-12(20)7-11(16(14)23)8-15-17(24)22-19(28-15)21-13-5-3-10(4-6-13)18(25)27-2/h3-9,23H,1-2H3,(H,21,22,24)/b15-8-. The van der Waals surface area contributed by atoms with Gasteiger partial charge in [0.25, 0.3) is 5.91 Å². The van der Waals surface area contributed by atoms with E-state index in [0.29, 0.717) is 37.1 Å². The Morgan fingerprint density at radius 2 is 1.96 bits per heavy atom. The Morgan fingerprint density at radius 1 is 1.25 bits per heavy atom. The van der Waals surface area contributed by atoms with Crippen LogP contribution in [0.1, 0.15) is 15.9 Å². The highest BCUT2D eigenvalue weighted by Gasteiger charge is 2.24. The molecule has 2 N–H and O–H groups in total. The summed E-state index contributed by atoms with van der Waals surface area (Å²) in [5, 5.41) is 13.3. The fourth-order valence-electron chi connectivity index (χ4n) is 2.39. The van der Waals surface area contributed by atoms with E-state index >= 15 is 0 Å². The number of amides is 1. The number of nitrogens with one attached hydrogen (secondary N) is 1. The van der Waals surface area contributed by atoms with Gasteiger partial charge in [0.15, 0.2) is 16.7 Å². The summed E-state index contributed by atoms with van der Waals surface area (Å²) in [5.74, 6) is -0.523. The number of phenols is 1. The molecular weight excluding hydrogens is 448 g/mol. The fourth-order valence-corrected chi connectivity index (χ4v) is 3.68. The molecule has 1 aliphatic heterocycles. The van der Waals surface area contributed by atoms with E-state index in [4.69, 9.17) is 4.74 Å². The van der Waals surface area contributed by atoms with Crippen LogP contribution in [0.15, 0.2) is 50.8 Å². The average molecular weight is 463 g/mol. The summed E-state index contributed by atoms with van der Waals surface area (Å²) < 4.78 is 10.5. The van der Waals surface area contributed by atoms with E-state index < -0.39 is 5.97 Å². The largest absolute Gasteiger partial charge is 0.504 e. The van der Waals surface area contributed by atoms with E-state index in [-0.39, 0.29) is 11.7 Å². The second kappa shape index (κ2) is 8.49. The number of phenolic OH excluding ortho intramolecular Hbond substituents is 1. The Bertz CT molecular complexity index is 1000. The lowest BCUT2D eigenvalue weighted by atomic mass is 10.1. The Hall–Kier alpha value is -2.78. The first-order valence-corrected chi connectivity index (χ1v) is 9.56. The summed E-state index contributed by atoms with van der Waals surface area (Å²) in [6.45, 7) is 0. The molecule has 0 aromatic heterocycles. The van der Waals surface area contributed by atoms with Gasteiger partial charge < -0.3 is 19.9 Å². The summed E-state index contributed by atoms with van der Waals surface area (Å²) in [5.41, 5.74) is 1.42. The Balaban J connectivity index is 1.84. The molecule has 1 amide bonds. The summed E-state index contributed by atoms with van der Waals surface area (Å²) in [6, 6.07) is 9.80. The number of esters is 1. The van der Waals surface area contributed by atoms with Gasteiger partial charge in [0.2, 0.25) is 0 Å². The molecule has 0 bridgehead atoms. The second-order valence-electron chi connectivity index (χ2n) is 5.57. The molecular formula is C19H15BrN2O5S. The van der Waals surface area contributed by atoms with Crippen molar-refractivity contribution in [3.63, 3.8) is 0 Å². The maximum atomic E-state index is 12.2. The number of thioether (sulfide) groups is 1. The van der Waals surface area contributed by atoms with Crippen molar-refractivity contribution >= 4 is 56.5 Å². The number of amidine groups is 1. The van der Waals surface area contributed by atoms with Crippen LogP contribution in [0.4, 0.5) is 5.69 Å². The molecule has 1 saturated heterocycles. The second-order valence-corrected chi connectivity index (χ2v) is 7.51. The van der Waals surface area contributed by atoms with Crippen LogP contribution in [-0.4, -0.2) is 36.4 Å². The Labute approximate surface area is 173 Å². The van der Waals surface area contributed by atoms with Crippen LogP contribution in [0.5, 0.6) is 11.5 Å². The maximum absolute atomic E-state index is 12.2. The third kappa shape index (κ3) is 4.37. The number of carbonyl (C=O) groups excluding carboxylic acids is 2. The third-order valence-electron chi connectivity index (χ3n) is 3.75. The number of aromatic hydroxyl groups is 1. The molecule has 1 fully saturated rings. The van der Waals surface area contributed by atoms with Crippen LogP contribution in [0.2, 0.25) is 0 Å². The van der Waals surface area contributed by atoms with Gasteiger partial charge in [-0.1, -0.05) is 15.9 Å². The van der Waals surface area contributed by atoms with Crippen molar-refractivity contribution < 1.29 is 24.2 Å². The molecule has 0 radical (unpaired) electrons. The topological polar surface area (TPSA) is 97.2 Å². The lowest BCUT2D eigenvalue weighted by Gasteiger charge is -2.07. The summed E-state index contributed by atoms with van der Waals surface area (Å²) in [7, 11) is 2.76. The van der Waals surface area contributed by atoms with Gasteiger partial charge in [-0.25, -0.2) is 9.79 Å². The SMILES string of the molecule is COC(=O)c1ccc(N=C2NC(=O)/C(=C/c3cc(Br)cc(OC)c3O)S2)cc1. The van der Waals surface area contributed by atoms with Gasteiger partial charge in [-0.3, -0.25) is 4.79 Å². The maximum Gasteiger partial charge on any atom is 0.337 e. The minimum atomic E-state index is -0.433. The van der Waals surface area contributed by atoms with Crippen LogP contribution in [0.3, 0.4) is 0 Å². The van der Waals surface area contributed by atoms with Crippen LogP contribution >= 0.6 is 27.7 Å². The lowest BCUT2D eigenvalue weighted by Crippen LogP contribution is -2.19. The van der Waals surface area contributed by atoms with Gasteiger partial charge in [0.05, 0.1) is 30.4 Å². The monoisotopic (exact) mass is 462 g/mol. The molecule has 1 aliphatic rings. The molecule has 144 valence electrons. The van der Waals surface area contributed by atoms with Gasteiger partial charge >= 0.3 is 5.97 Å². The molecule has 28 heavy (non-hydrogen) atoms. The van der Waals surface area contributed by atoms with Crippen LogP contribution < -0.4 is 10.1 Å². The number of hydrogen-bond acceptors (Lipinski definition) is 7. The molecule has 0 atom stereocenters. The molecule has 0 saturated carbocycles.